The van der Waals surface area contributed by atoms with Crippen molar-refractivity contribution in [2.24, 2.45) is 0 Å². The molecule has 1 unspecified atom stereocenters. The van der Waals surface area contributed by atoms with Crippen molar-refractivity contribution < 1.29 is 4.79 Å². The number of rotatable bonds is 2. The quantitative estimate of drug-likeness (QED) is 0.578. The van der Waals surface area contributed by atoms with E-state index in [4.69, 9.17) is 6.42 Å². The van der Waals surface area contributed by atoms with Crippen molar-refractivity contribution in [2.45, 2.75) is 18.9 Å². The van der Waals surface area contributed by atoms with Gasteiger partial charge in [-0.15, -0.1) is 6.42 Å². The lowest BCUT2D eigenvalue weighted by molar-refractivity contribution is -0.135. The second kappa shape index (κ2) is 4.13. The van der Waals surface area contributed by atoms with Crippen molar-refractivity contribution in [1.29, 1.82) is 0 Å². The maximum Gasteiger partial charge on any atom is 0.240 e. The Labute approximate surface area is 73.1 Å². The predicted molar refractivity (Wildman–Crippen MR) is 47.5 cm³/mol. The van der Waals surface area contributed by atoms with Gasteiger partial charge in [0.2, 0.25) is 5.91 Å². The van der Waals surface area contributed by atoms with Gasteiger partial charge in [-0.05, 0) is 19.9 Å². The van der Waals surface area contributed by atoms with Gasteiger partial charge in [-0.2, -0.15) is 0 Å². The van der Waals surface area contributed by atoms with Crippen LogP contribution in [0.5, 0.6) is 0 Å². The molecule has 1 heterocycles. The highest BCUT2D eigenvalue weighted by atomic mass is 16.2. The van der Waals surface area contributed by atoms with E-state index in [9.17, 15) is 4.79 Å². The maximum atomic E-state index is 11.5. The molecule has 1 aliphatic heterocycles. The van der Waals surface area contributed by atoms with Crippen molar-refractivity contribution in [3.8, 4) is 12.3 Å². The Kier molecular flexibility index (Phi) is 3.12. The van der Waals surface area contributed by atoms with Gasteiger partial charge in [-0.3, -0.25) is 4.79 Å². The van der Waals surface area contributed by atoms with Crippen LogP contribution in [0.4, 0.5) is 0 Å². The van der Waals surface area contributed by atoms with Gasteiger partial charge in [0.25, 0.3) is 0 Å². The second-order valence-electron chi connectivity index (χ2n) is 2.95. The molecule has 0 spiro atoms. The normalized spacial score (nSPS) is 23.8. The zero-order valence-electron chi connectivity index (χ0n) is 7.34. The van der Waals surface area contributed by atoms with Crippen molar-refractivity contribution in [1.82, 2.24) is 10.2 Å². The number of nitrogens with one attached hydrogen (secondary N) is 1. The van der Waals surface area contributed by atoms with E-state index in [2.05, 4.69) is 11.2 Å². The van der Waals surface area contributed by atoms with E-state index in [1.165, 1.54) is 0 Å². The third-order valence-corrected chi connectivity index (χ3v) is 2.16. The molecule has 3 heteroatoms. The van der Waals surface area contributed by atoms with Gasteiger partial charge in [0, 0.05) is 6.54 Å². The molecule has 12 heavy (non-hydrogen) atoms. The lowest BCUT2D eigenvalue weighted by Crippen LogP contribution is -2.49. The number of hydrogen-bond donors (Lipinski definition) is 1. The molecule has 0 aliphatic carbocycles. The predicted octanol–water partition coefficient (Wildman–Crippen LogP) is -0.170. The fraction of sp³-hybridized carbons (Fsp3) is 0.667. The van der Waals surface area contributed by atoms with Crippen molar-refractivity contribution in [3.63, 3.8) is 0 Å². The molecule has 0 radical (unpaired) electrons. The smallest absolute Gasteiger partial charge is 0.240 e. The Morgan fingerprint density at radius 1 is 1.83 bits per heavy atom. The molecule has 0 aromatic heterocycles. The van der Waals surface area contributed by atoms with Crippen LogP contribution in [-0.4, -0.2) is 37.0 Å². The van der Waals surface area contributed by atoms with E-state index >= 15 is 0 Å². The summed E-state index contributed by atoms with van der Waals surface area (Å²) in [6.45, 7) is 1.25. The van der Waals surface area contributed by atoms with E-state index in [0.29, 0.717) is 6.54 Å². The van der Waals surface area contributed by atoms with Crippen LogP contribution in [0, 0.1) is 12.3 Å². The van der Waals surface area contributed by atoms with E-state index in [1.807, 2.05) is 7.05 Å². The van der Waals surface area contributed by atoms with E-state index in [0.717, 1.165) is 19.4 Å². The van der Waals surface area contributed by atoms with E-state index in [1.54, 1.807) is 4.90 Å². The number of piperidine rings is 1. The van der Waals surface area contributed by atoms with Crippen molar-refractivity contribution in [3.05, 3.63) is 0 Å². The molecule has 0 bridgehead atoms. The highest BCUT2D eigenvalue weighted by Gasteiger charge is 2.26. The second-order valence-corrected chi connectivity index (χ2v) is 2.95. The molecule has 1 atom stereocenters. The number of carbonyl (C=O) groups is 1. The summed E-state index contributed by atoms with van der Waals surface area (Å²) in [6.07, 6.45) is 7.11. The first-order chi connectivity index (χ1) is 5.79. The van der Waals surface area contributed by atoms with Crippen LogP contribution in [0.15, 0.2) is 0 Å². The molecule has 0 saturated carbocycles. The first-order valence-corrected chi connectivity index (χ1v) is 4.19. The number of nitrogens with zero attached hydrogens (tertiary/aromatic N) is 1. The van der Waals surface area contributed by atoms with Crippen molar-refractivity contribution in [2.75, 3.05) is 20.1 Å². The fourth-order valence-corrected chi connectivity index (χ4v) is 1.48. The van der Waals surface area contributed by atoms with Crippen molar-refractivity contribution >= 4 is 5.91 Å². The minimum atomic E-state index is -0.0212. The van der Waals surface area contributed by atoms with Crippen LogP contribution >= 0.6 is 0 Å². The molecule has 0 aromatic carbocycles. The average molecular weight is 166 g/mol. The largest absolute Gasteiger partial charge is 0.330 e. The summed E-state index contributed by atoms with van der Waals surface area (Å²) in [5.74, 6) is 2.63. The summed E-state index contributed by atoms with van der Waals surface area (Å²) in [4.78, 5) is 13.2. The molecule has 0 aromatic rings. The first kappa shape index (κ1) is 9.08. The highest BCUT2D eigenvalue weighted by molar-refractivity contribution is 5.82. The molecular formula is C9H14N2O. The maximum absolute atomic E-state index is 11.5. The number of terminal acetylenes is 1. The Morgan fingerprint density at radius 3 is 3.17 bits per heavy atom. The van der Waals surface area contributed by atoms with Crippen LogP contribution in [0.3, 0.4) is 0 Å². The molecular weight excluding hydrogens is 152 g/mol. The average Bonchev–Trinajstić information content (AvgIpc) is 2.09. The molecule has 3 nitrogen and oxygen atoms in total. The number of amides is 1. The van der Waals surface area contributed by atoms with Gasteiger partial charge in [0.15, 0.2) is 0 Å². The van der Waals surface area contributed by atoms with Gasteiger partial charge >= 0.3 is 0 Å². The molecule has 1 rings (SSSR count). The highest BCUT2D eigenvalue weighted by Crippen LogP contribution is 2.10. The molecule has 1 N–H and O–H groups in total. The Balaban J connectivity index is 2.54. The minimum absolute atomic E-state index is 0.0212. The van der Waals surface area contributed by atoms with Crippen LogP contribution in [-0.2, 0) is 4.79 Å². The lowest BCUT2D eigenvalue weighted by atomic mass is 10.1. The lowest BCUT2D eigenvalue weighted by Gasteiger charge is -2.30. The Bertz CT molecular complexity index is 207. The SMILES string of the molecule is C#CCN1CCCC(NC)C1=O. The fourth-order valence-electron chi connectivity index (χ4n) is 1.48. The van der Waals surface area contributed by atoms with Crippen LogP contribution in [0.2, 0.25) is 0 Å². The molecule has 1 aliphatic rings. The summed E-state index contributed by atoms with van der Waals surface area (Å²) in [5.41, 5.74) is 0. The summed E-state index contributed by atoms with van der Waals surface area (Å²) in [5, 5.41) is 2.98. The number of likely N-dealkylation sites (tertiary alicyclic amines) is 1. The summed E-state index contributed by atoms with van der Waals surface area (Å²) >= 11 is 0. The molecule has 1 amide bonds. The summed E-state index contributed by atoms with van der Waals surface area (Å²) < 4.78 is 0. The third kappa shape index (κ3) is 1.77. The van der Waals surface area contributed by atoms with Crippen LogP contribution in [0.1, 0.15) is 12.8 Å². The van der Waals surface area contributed by atoms with Gasteiger partial charge in [-0.25, -0.2) is 0 Å². The van der Waals surface area contributed by atoms with E-state index in [-0.39, 0.29) is 11.9 Å². The van der Waals surface area contributed by atoms with Gasteiger partial charge in [-0.1, -0.05) is 5.92 Å². The van der Waals surface area contributed by atoms with Crippen LogP contribution < -0.4 is 5.32 Å². The van der Waals surface area contributed by atoms with Crippen LogP contribution in [0.25, 0.3) is 0 Å². The number of likely N-dealkylation sites (N-methyl/N-ethyl adjacent to an activating group) is 1. The first-order valence-electron chi connectivity index (χ1n) is 4.19. The molecule has 66 valence electrons. The summed E-state index contributed by atoms with van der Waals surface area (Å²) in [7, 11) is 1.81. The molecule has 1 fully saturated rings. The zero-order chi connectivity index (χ0) is 8.97. The van der Waals surface area contributed by atoms with E-state index < -0.39 is 0 Å². The Morgan fingerprint density at radius 2 is 2.58 bits per heavy atom. The topological polar surface area (TPSA) is 32.3 Å². The standard InChI is InChI=1S/C9H14N2O/c1-3-6-11-7-4-5-8(10-2)9(11)12/h1,8,10H,4-7H2,2H3. The number of hydrogen-bond acceptors (Lipinski definition) is 2. The Hall–Kier alpha value is -1.01. The zero-order valence-corrected chi connectivity index (χ0v) is 7.34. The minimum Gasteiger partial charge on any atom is -0.330 e. The van der Waals surface area contributed by atoms with Gasteiger partial charge in [0.05, 0.1) is 12.6 Å². The number of carbonyl (C=O) groups excluding carboxylic acids is 1. The molecule has 1 saturated heterocycles. The van der Waals surface area contributed by atoms with Gasteiger partial charge in [0.1, 0.15) is 0 Å². The van der Waals surface area contributed by atoms with Gasteiger partial charge < -0.3 is 10.2 Å². The third-order valence-electron chi connectivity index (χ3n) is 2.16. The monoisotopic (exact) mass is 166 g/mol. The summed E-state index contributed by atoms with van der Waals surface area (Å²) in [6, 6.07) is -0.0212.